The summed E-state index contributed by atoms with van der Waals surface area (Å²) in [5.74, 6) is -6.17. The lowest BCUT2D eigenvalue weighted by molar-refractivity contribution is -0.153. The molecule has 1 amide bonds. The molecule has 5 nitrogen and oxygen atoms in total. The van der Waals surface area contributed by atoms with Crippen LogP contribution in [0.15, 0.2) is 36.4 Å². The maximum absolute atomic E-state index is 13.6. The number of aryl methyl sites for hydroxylation is 1. The molecule has 0 fully saturated rings. The van der Waals surface area contributed by atoms with Crippen molar-refractivity contribution in [3.05, 3.63) is 65.0 Å². The summed E-state index contributed by atoms with van der Waals surface area (Å²) in [5, 5.41) is 10.8. The Balaban J connectivity index is 1.87. The molecule has 2 aromatic carbocycles. The van der Waals surface area contributed by atoms with Gasteiger partial charge in [0.05, 0.1) is 17.3 Å². The molecule has 0 radical (unpaired) electrons. The Bertz CT molecular complexity index is 892. The Labute approximate surface area is 153 Å². The summed E-state index contributed by atoms with van der Waals surface area (Å²) in [6.07, 6.45) is -0.925. The van der Waals surface area contributed by atoms with E-state index in [4.69, 9.17) is 10.00 Å². The monoisotopic (exact) mass is 376 g/mol. The van der Waals surface area contributed by atoms with Crippen LogP contribution in [0.5, 0.6) is 0 Å². The van der Waals surface area contributed by atoms with E-state index in [-0.39, 0.29) is 6.42 Å². The second-order valence-electron chi connectivity index (χ2n) is 5.65. The fraction of sp³-hybridized carbons (Fsp3) is 0.211. The number of ether oxygens (including phenoxy) is 1. The highest BCUT2D eigenvalue weighted by molar-refractivity contribution is 5.95. The van der Waals surface area contributed by atoms with Crippen LogP contribution in [0.1, 0.15) is 24.5 Å². The van der Waals surface area contributed by atoms with Gasteiger partial charge in [-0.3, -0.25) is 9.59 Å². The molecular weight excluding hydrogens is 361 g/mol. The van der Waals surface area contributed by atoms with Gasteiger partial charge in [0.15, 0.2) is 23.6 Å². The summed E-state index contributed by atoms with van der Waals surface area (Å²) in [4.78, 5) is 23.8. The van der Waals surface area contributed by atoms with Crippen molar-refractivity contribution in [1.29, 1.82) is 5.26 Å². The molecular formula is C19H15F3N2O3. The number of nitrogens with zero attached hydrogens (tertiary/aromatic N) is 1. The van der Waals surface area contributed by atoms with Crippen LogP contribution in [0.4, 0.5) is 18.9 Å². The van der Waals surface area contributed by atoms with Gasteiger partial charge in [-0.1, -0.05) is 12.1 Å². The van der Waals surface area contributed by atoms with Crippen LogP contribution in [0.3, 0.4) is 0 Å². The molecule has 1 unspecified atom stereocenters. The average molecular weight is 376 g/mol. The molecule has 0 saturated heterocycles. The molecule has 0 aromatic heterocycles. The molecule has 2 aromatic rings. The first-order valence-electron chi connectivity index (χ1n) is 7.94. The lowest BCUT2D eigenvalue weighted by Crippen LogP contribution is -2.30. The molecule has 8 heteroatoms. The predicted molar refractivity (Wildman–Crippen MR) is 90.0 cm³/mol. The first kappa shape index (κ1) is 20.0. The second-order valence-corrected chi connectivity index (χ2v) is 5.65. The zero-order valence-corrected chi connectivity index (χ0v) is 14.3. The third-order valence-electron chi connectivity index (χ3n) is 3.67. The first-order chi connectivity index (χ1) is 12.8. The number of anilines is 1. The smallest absolute Gasteiger partial charge is 0.306 e. The maximum atomic E-state index is 13.6. The highest BCUT2D eigenvalue weighted by Gasteiger charge is 2.21. The van der Waals surface area contributed by atoms with Crippen molar-refractivity contribution >= 4 is 17.6 Å². The van der Waals surface area contributed by atoms with Gasteiger partial charge in [0, 0.05) is 6.42 Å². The molecule has 1 atom stereocenters. The normalized spacial score (nSPS) is 11.4. The fourth-order valence-electron chi connectivity index (χ4n) is 2.16. The Kier molecular flexibility index (Phi) is 6.55. The second kappa shape index (κ2) is 8.85. The highest BCUT2D eigenvalue weighted by Crippen LogP contribution is 2.20. The van der Waals surface area contributed by atoms with Crippen LogP contribution in [0.25, 0.3) is 0 Å². The van der Waals surface area contributed by atoms with Crippen LogP contribution < -0.4 is 5.32 Å². The molecule has 0 saturated carbocycles. The van der Waals surface area contributed by atoms with E-state index in [1.54, 1.807) is 24.3 Å². The van der Waals surface area contributed by atoms with E-state index in [0.717, 1.165) is 11.6 Å². The van der Waals surface area contributed by atoms with Gasteiger partial charge in [-0.05, 0) is 43.2 Å². The van der Waals surface area contributed by atoms with Gasteiger partial charge < -0.3 is 10.1 Å². The van der Waals surface area contributed by atoms with Crippen molar-refractivity contribution in [1.82, 2.24) is 0 Å². The summed E-state index contributed by atoms with van der Waals surface area (Å²) in [7, 11) is 0. The van der Waals surface area contributed by atoms with Gasteiger partial charge in [-0.15, -0.1) is 0 Å². The third kappa shape index (κ3) is 5.31. The number of nitrogens with one attached hydrogen (secondary N) is 1. The average Bonchev–Trinajstić information content (AvgIpc) is 2.67. The molecule has 0 aliphatic rings. The van der Waals surface area contributed by atoms with Crippen LogP contribution >= 0.6 is 0 Å². The number of hydrogen-bond acceptors (Lipinski definition) is 4. The quantitative estimate of drug-likeness (QED) is 0.618. The standard InChI is InChI=1S/C19H15F3N2O3/c1-11(19(26)24-15-8-7-14(20)17(21)18(15)22)27-16(25)9-6-12-2-4-13(10-23)5-3-12/h2-5,7-8,11H,6,9H2,1H3,(H,24,26). The SMILES string of the molecule is CC(OC(=O)CCc1ccc(C#N)cc1)C(=O)Nc1ccc(F)c(F)c1F. The van der Waals surface area contributed by atoms with E-state index < -0.39 is 41.1 Å². The van der Waals surface area contributed by atoms with Gasteiger partial charge in [0.1, 0.15) is 0 Å². The zero-order chi connectivity index (χ0) is 20.0. The number of carbonyl (C=O) groups excluding carboxylic acids is 2. The minimum Gasteiger partial charge on any atom is -0.453 e. The number of carbonyl (C=O) groups is 2. The number of esters is 1. The summed E-state index contributed by atoms with van der Waals surface area (Å²) < 4.78 is 44.5. The number of hydrogen-bond donors (Lipinski definition) is 1. The lowest BCUT2D eigenvalue weighted by atomic mass is 10.1. The third-order valence-corrected chi connectivity index (χ3v) is 3.67. The molecule has 1 N–H and O–H groups in total. The van der Waals surface area contributed by atoms with E-state index in [9.17, 15) is 22.8 Å². The first-order valence-corrected chi connectivity index (χ1v) is 7.94. The van der Waals surface area contributed by atoms with Crippen molar-refractivity contribution < 1.29 is 27.5 Å². The molecule has 0 heterocycles. The van der Waals surface area contributed by atoms with Crippen molar-refractivity contribution in [3.8, 4) is 6.07 Å². The van der Waals surface area contributed by atoms with Crippen molar-refractivity contribution in [2.45, 2.75) is 25.9 Å². The number of rotatable bonds is 6. The van der Waals surface area contributed by atoms with Crippen LogP contribution in [-0.4, -0.2) is 18.0 Å². The van der Waals surface area contributed by atoms with Gasteiger partial charge in [-0.25, -0.2) is 13.2 Å². The summed E-state index contributed by atoms with van der Waals surface area (Å²) >= 11 is 0. The maximum Gasteiger partial charge on any atom is 0.306 e. The predicted octanol–water partition coefficient (Wildman–Crippen LogP) is 3.48. The number of halogens is 3. The molecule has 27 heavy (non-hydrogen) atoms. The van der Waals surface area contributed by atoms with Gasteiger partial charge >= 0.3 is 5.97 Å². The minimum absolute atomic E-state index is 0.0109. The fourth-order valence-corrected chi connectivity index (χ4v) is 2.16. The highest BCUT2D eigenvalue weighted by atomic mass is 19.2. The Morgan fingerprint density at radius 1 is 1.11 bits per heavy atom. The number of amides is 1. The lowest BCUT2D eigenvalue weighted by Gasteiger charge is -2.14. The van der Waals surface area contributed by atoms with Gasteiger partial charge in [-0.2, -0.15) is 5.26 Å². The van der Waals surface area contributed by atoms with Crippen LogP contribution in [0, 0.1) is 28.8 Å². The van der Waals surface area contributed by atoms with E-state index in [0.29, 0.717) is 18.1 Å². The van der Waals surface area contributed by atoms with E-state index in [2.05, 4.69) is 0 Å². The van der Waals surface area contributed by atoms with E-state index in [1.165, 1.54) is 6.92 Å². The topological polar surface area (TPSA) is 79.2 Å². The molecule has 0 aliphatic heterocycles. The Morgan fingerprint density at radius 2 is 1.78 bits per heavy atom. The van der Waals surface area contributed by atoms with E-state index in [1.807, 2.05) is 11.4 Å². The Morgan fingerprint density at radius 3 is 2.41 bits per heavy atom. The Hall–Kier alpha value is -3.34. The summed E-state index contributed by atoms with van der Waals surface area (Å²) in [5.41, 5.74) is 0.752. The van der Waals surface area contributed by atoms with Gasteiger partial charge in [0.25, 0.3) is 5.91 Å². The molecule has 2 rings (SSSR count). The van der Waals surface area contributed by atoms with Crippen LogP contribution in [0.2, 0.25) is 0 Å². The van der Waals surface area contributed by atoms with Crippen molar-refractivity contribution in [3.63, 3.8) is 0 Å². The molecule has 0 aliphatic carbocycles. The molecule has 0 bridgehead atoms. The van der Waals surface area contributed by atoms with Crippen LogP contribution in [-0.2, 0) is 20.7 Å². The number of benzene rings is 2. The number of nitriles is 1. The molecule has 140 valence electrons. The van der Waals surface area contributed by atoms with Crippen molar-refractivity contribution in [2.24, 2.45) is 0 Å². The van der Waals surface area contributed by atoms with Crippen molar-refractivity contribution in [2.75, 3.05) is 5.32 Å². The van der Waals surface area contributed by atoms with Gasteiger partial charge in [0.2, 0.25) is 0 Å². The minimum atomic E-state index is -1.71. The molecule has 0 spiro atoms. The summed E-state index contributed by atoms with van der Waals surface area (Å²) in [6, 6.07) is 10.2. The zero-order valence-electron chi connectivity index (χ0n) is 14.3. The van der Waals surface area contributed by atoms with E-state index >= 15 is 0 Å². The largest absolute Gasteiger partial charge is 0.453 e. The summed E-state index contributed by atoms with van der Waals surface area (Å²) in [6.45, 7) is 1.27.